The molecule has 0 bridgehead atoms. The smallest absolute Gasteiger partial charge is 0.142 e. The molecule has 0 radical (unpaired) electrons. The standard InChI is InChI=1S/C18H20O2/c1-17(11-5-3-9-15-19)13-7-8-14-18(2)12-6-4-10-16-20/h3-16H,1-2H3. The van der Waals surface area contributed by atoms with Crippen molar-refractivity contribution in [3.05, 3.63) is 84.1 Å². The molecule has 2 heteroatoms. The summed E-state index contributed by atoms with van der Waals surface area (Å²) in [4.78, 5) is 20.1. The molecule has 0 heterocycles. The maximum atomic E-state index is 10.1. The first-order chi connectivity index (χ1) is 9.70. The Balaban J connectivity index is 4.35. The largest absolute Gasteiger partial charge is 0.299 e. The SMILES string of the molecule is CC(C=CC=CC=O)=CC=CC=C(C)C=CC=CC=O. The lowest BCUT2D eigenvalue weighted by atomic mass is 10.2. The van der Waals surface area contributed by atoms with Gasteiger partial charge in [0.25, 0.3) is 0 Å². The van der Waals surface area contributed by atoms with Gasteiger partial charge >= 0.3 is 0 Å². The van der Waals surface area contributed by atoms with Gasteiger partial charge < -0.3 is 0 Å². The highest BCUT2D eigenvalue weighted by atomic mass is 16.1. The van der Waals surface area contributed by atoms with E-state index in [4.69, 9.17) is 0 Å². The molecule has 0 aliphatic rings. The monoisotopic (exact) mass is 268 g/mol. The molecule has 0 fully saturated rings. The Kier molecular flexibility index (Phi) is 11.4. The fourth-order valence-electron chi connectivity index (χ4n) is 1.16. The molecule has 0 unspecified atom stereocenters. The van der Waals surface area contributed by atoms with Gasteiger partial charge in [-0.3, -0.25) is 9.59 Å². The molecule has 0 saturated heterocycles. The normalized spacial score (nSPS) is 14.5. The second kappa shape index (κ2) is 13.0. The minimum Gasteiger partial charge on any atom is -0.299 e. The Morgan fingerprint density at radius 3 is 1.30 bits per heavy atom. The Labute approximate surface area is 120 Å². The van der Waals surface area contributed by atoms with Crippen LogP contribution in [0, 0.1) is 0 Å². The van der Waals surface area contributed by atoms with Crippen LogP contribution in [0.4, 0.5) is 0 Å². The lowest BCUT2D eigenvalue weighted by molar-refractivity contribution is -0.104. The van der Waals surface area contributed by atoms with Crippen LogP contribution in [0.5, 0.6) is 0 Å². The highest BCUT2D eigenvalue weighted by molar-refractivity contribution is 5.65. The molecular formula is C18H20O2. The average molecular weight is 268 g/mol. The Hall–Kier alpha value is -2.48. The maximum absolute atomic E-state index is 10.1. The van der Waals surface area contributed by atoms with Gasteiger partial charge in [0.1, 0.15) is 12.6 Å². The number of allylic oxidation sites excluding steroid dienone is 14. The van der Waals surface area contributed by atoms with Crippen molar-refractivity contribution in [2.75, 3.05) is 0 Å². The van der Waals surface area contributed by atoms with Crippen LogP contribution in [-0.2, 0) is 9.59 Å². The van der Waals surface area contributed by atoms with Gasteiger partial charge in [-0.15, -0.1) is 0 Å². The summed E-state index contributed by atoms with van der Waals surface area (Å²) in [7, 11) is 0. The predicted octanol–water partition coefficient (Wildman–Crippen LogP) is 4.06. The van der Waals surface area contributed by atoms with Crippen molar-refractivity contribution in [2.45, 2.75) is 13.8 Å². The number of carbonyl (C=O) groups is 2. The summed E-state index contributed by atoms with van der Waals surface area (Å²) in [5, 5.41) is 0. The van der Waals surface area contributed by atoms with E-state index >= 15 is 0 Å². The van der Waals surface area contributed by atoms with Crippen LogP contribution in [-0.4, -0.2) is 12.6 Å². The Bertz CT molecular complexity index is 450. The van der Waals surface area contributed by atoms with Gasteiger partial charge in [-0.05, 0) is 26.0 Å². The van der Waals surface area contributed by atoms with E-state index in [1.165, 1.54) is 12.2 Å². The van der Waals surface area contributed by atoms with E-state index in [1.807, 2.05) is 62.5 Å². The van der Waals surface area contributed by atoms with Crippen molar-refractivity contribution in [1.82, 2.24) is 0 Å². The van der Waals surface area contributed by atoms with Crippen LogP contribution in [0.25, 0.3) is 0 Å². The van der Waals surface area contributed by atoms with Crippen molar-refractivity contribution in [1.29, 1.82) is 0 Å². The first-order valence-electron chi connectivity index (χ1n) is 6.29. The number of carbonyl (C=O) groups excluding carboxylic acids is 2. The highest BCUT2D eigenvalue weighted by Gasteiger charge is 1.78. The minimum absolute atomic E-state index is 0.745. The van der Waals surface area contributed by atoms with Crippen molar-refractivity contribution in [3.63, 3.8) is 0 Å². The van der Waals surface area contributed by atoms with E-state index in [1.54, 1.807) is 12.2 Å². The molecule has 20 heavy (non-hydrogen) atoms. The van der Waals surface area contributed by atoms with Crippen molar-refractivity contribution >= 4 is 12.6 Å². The molecule has 0 spiro atoms. The third-order valence-electron chi connectivity index (χ3n) is 2.15. The molecule has 0 aromatic rings. The summed E-state index contributed by atoms with van der Waals surface area (Å²) in [5.41, 5.74) is 2.18. The van der Waals surface area contributed by atoms with Crippen LogP contribution in [0.2, 0.25) is 0 Å². The second-order valence-electron chi connectivity index (χ2n) is 3.97. The van der Waals surface area contributed by atoms with Gasteiger partial charge in [0.2, 0.25) is 0 Å². The number of rotatable bonds is 8. The molecule has 0 aromatic carbocycles. The molecule has 0 aliphatic heterocycles. The average Bonchev–Trinajstić information content (AvgIpc) is 2.44. The maximum Gasteiger partial charge on any atom is 0.142 e. The van der Waals surface area contributed by atoms with Crippen LogP contribution in [0.15, 0.2) is 84.1 Å². The molecule has 0 N–H and O–H groups in total. The fourth-order valence-corrected chi connectivity index (χ4v) is 1.16. The molecule has 104 valence electrons. The third-order valence-corrected chi connectivity index (χ3v) is 2.15. The van der Waals surface area contributed by atoms with E-state index in [-0.39, 0.29) is 0 Å². The van der Waals surface area contributed by atoms with E-state index in [2.05, 4.69) is 0 Å². The summed E-state index contributed by atoms with van der Waals surface area (Å²) in [5.74, 6) is 0. The number of aldehydes is 2. The van der Waals surface area contributed by atoms with Crippen molar-refractivity contribution in [3.8, 4) is 0 Å². The summed E-state index contributed by atoms with van der Waals surface area (Å²) < 4.78 is 0. The summed E-state index contributed by atoms with van der Waals surface area (Å²) in [6.45, 7) is 3.96. The van der Waals surface area contributed by atoms with Crippen molar-refractivity contribution in [2.24, 2.45) is 0 Å². The number of hydrogen-bond donors (Lipinski definition) is 0. The zero-order chi connectivity index (χ0) is 15.1. The summed E-state index contributed by atoms with van der Waals surface area (Å²) in [6, 6.07) is 0. The van der Waals surface area contributed by atoms with Gasteiger partial charge in [0.05, 0.1) is 0 Å². The van der Waals surface area contributed by atoms with Gasteiger partial charge in [-0.25, -0.2) is 0 Å². The van der Waals surface area contributed by atoms with Crippen LogP contribution in [0.1, 0.15) is 13.8 Å². The minimum atomic E-state index is 0.745. The molecule has 0 atom stereocenters. The highest BCUT2D eigenvalue weighted by Crippen LogP contribution is 1.98. The third kappa shape index (κ3) is 12.0. The molecular weight excluding hydrogens is 248 g/mol. The van der Waals surface area contributed by atoms with Crippen LogP contribution in [0.3, 0.4) is 0 Å². The first-order valence-corrected chi connectivity index (χ1v) is 6.29. The second-order valence-corrected chi connectivity index (χ2v) is 3.97. The molecule has 0 amide bonds. The molecule has 0 saturated carbocycles. The van der Waals surface area contributed by atoms with Gasteiger partial charge in [-0.1, -0.05) is 71.9 Å². The van der Waals surface area contributed by atoms with E-state index in [9.17, 15) is 9.59 Å². The molecule has 0 aromatic heterocycles. The van der Waals surface area contributed by atoms with Gasteiger partial charge in [0.15, 0.2) is 0 Å². The van der Waals surface area contributed by atoms with Crippen molar-refractivity contribution < 1.29 is 9.59 Å². The van der Waals surface area contributed by atoms with E-state index < -0.39 is 0 Å². The lowest BCUT2D eigenvalue weighted by Crippen LogP contribution is -1.67. The van der Waals surface area contributed by atoms with E-state index in [0.29, 0.717) is 0 Å². The topological polar surface area (TPSA) is 34.1 Å². The predicted molar refractivity (Wildman–Crippen MR) is 85.3 cm³/mol. The zero-order valence-corrected chi connectivity index (χ0v) is 11.9. The number of hydrogen-bond acceptors (Lipinski definition) is 2. The molecule has 2 nitrogen and oxygen atoms in total. The van der Waals surface area contributed by atoms with Crippen LogP contribution < -0.4 is 0 Å². The lowest BCUT2D eigenvalue weighted by Gasteiger charge is -1.87. The zero-order valence-electron chi connectivity index (χ0n) is 11.9. The van der Waals surface area contributed by atoms with Gasteiger partial charge in [-0.2, -0.15) is 0 Å². The van der Waals surface area contributed by atoms with E-state index in [0.717, 1.165) is 23.7 Å². The first kappa shape index (κ1) is 17.5. The summed E-state index contributed by atoms with van der Waals surface area (Å²) in [6.07, 6.45) is 23.1. The summed E-state index contributed by atoms with van der Waals surface area (Å²) >= 11 is 0. The molecule has 0 rings (SSSR count). The Morgan fingerprint density at radius 1 is 0.550 bits per heavy atom. The van der Waals surface area contributed by atoms with Crippen LogP contribution >= 0.6 is 0 Å². The fraction of sp³-hybridized carbons (Fsp3) is 0.111. The Morgan fingerprint density at radius 2 is 0.950 bits per heavy atom. The molecule has 0 aliphatic carbocycles. The quantitative estimate of drug-likeness (QED) is 0.378. The van der Waals surface area contributed by atoms with Gasteiger partial charge in [0, 0.05) is 0 Å².